The van der Waals surface area contributed by atoms with Crippen LogP contribution in [0.5, 0.6) is 0 Å². The molecule has 0 aliphatic rings. The molecule has 0 amide bonds. The molecule has 0 radical (unpaired) electrons. The van der Waals surface area contributed by atoms with E-state index in [9.17, 15) is 0 Å². The SMILES string of the molecule is CC.Cn1cc(Br)c(C#N)n1. The third-order valence-corrected chi connectivity index (χ3v) is 1.47. The lowest BCUT2D eigenvalue weighted by atomic mass is 10.5. The number of nitrogens with zero attached hydrogens (tertiary/aromatic N) is 3. The van der Waals surface area contributed by atoms with E-state index in [1.54, 1.807) is 17.9 Å². The fourth-order valence-electron chi connectivity index (χ4n) is 0.535. The summed E-state index contributed by atoms with van der Waals surface area (Å²) in [5.41, 5.74) is 0.428. The Morgan fingerprint density at radius 3 is 2.36 bits per heavy atom. The van der Waals surface area contributed by atoms with Crippen molar-refractivity contribution in [3.05, 3.63) is 16.4 Å². The zero-order valence-corrected chi connectivity index (χ0v) is 8.38. The summed E-state index contributed by atoms with van der Waals surface area (Å²) in [7, 11) is 1.77. The molecule has 1 aromatic rings. The topological polar surface area (TPSA) is 41.6 Å². The van der Waals surface area contributed by atoms with Crippen molar-refractivity contribution in [2.75, 3.05) is 0 Å². The first-order chi connectivity index (χ1) is 5.24. The Kier molecular flexibility index (Phi) is 4.55. The number of hydrogen-bond donors (Lipinski definition) is 0. The van der Waals surface area contributed by atoms with E-state index in [-0.39, 0.29) is 0 Å². The van der Waals surface area contributed by atoms with Crippen molar-refractivity contribution >= 4 is 15.9 Å². The van der Waals surface area contributed by atoms with Gasteiger partial charge in [-0.15, -0.1) is 0 Å². The molecule has 1 rings (SSSR count). The molecule has 0 unspecified atom stereocenters. The first-order valence-corrected chi connectivity index (χ1v) is 4.12. The molecule has 0 aromatic carbocycles. The molecule has 0 aliphatic carbocycles. The summed E-state index contributed by atoms with van der Waals surface area (Å²) in [5.74, 6) is 0. The maximum Gasteiger partial charge on any atom is 0.176 e. The van der Waals surface area contributed by atoms with Crippen LogP contribution in [0.3, 0.4) is 0 Å². The molecular formula is C7H10BrN3. The summed E-state index contributed by atoms with van der Waals surface area (Å²) < 4.78 is 2.33. The van der Waals surface area contributed by atoms with Crippen molar-refractivity contribution in [2.24, 2.45) is 7.05 Å². The molecule has 0 atom stereocenters. The van der Waals surface area contributed by atoms with E-state index >= 15 is 0 Å². The molecule has 0 N–H and O–H groups in total. The molecule has 11 heavy (non-hydrogen) atoms. The van der Waals surface area contributed by atoms with E-state index in [4.69, 9.17) is 5.26 Å². The molecule has 0 saturated heterocycles. The number of hydrogen-bond acceptors (Lipinski definition) is 2. The second-order valence-corrected chi connectivity index (χ2v) is 2.47. The molecule has 0 bridgehead atoms. The van der Waals surface area contributed by atoms with E-state index in [0.29, 0.717) is 5.69 Å². The summed E-state index contributed by atoms with van der Waals surface area (Å²) >= 11 is 3.17. The molecule has 0 aliphatic heterocycles. The highest BCUT2D eigenvalue weighted by molar-refractivity contribution is 9.10. The summed E-state index contributed by atoms with van der Waals surface area (Å²) in [5, 5.41) is 12.2. The summed E-state index contributed by atoms with van der Waals surface area (Å²) in [6, 6.07) is 1.94. The van der Waals surface area contributed by atoms with Gasteiger partial charge >= 0.3 is 0 Å². The summed E-state index contributed by atoms with van der Waals surface area (Å²) in [6.07, 6.45) is 1.73. The van der Waals surface area contributed by atoms with Gasteiger partial charge in [-0.2, -0.15) is 10.4 Å². The number of aromatic nitrogens is 2. The molecule has 0 fully saturated rings. The number of halogens is 1. The van der Waals surface area contributed by atoms with E-state index in [1.165, 1.54) is 0 Å². The van der Waals surface area contributed by atoms with Crippen LogP contribution in [0.1, 0.15) is 19.5 Å². The van der Waals surface area contributed by atoms with Crippen molar-refractivity contribution in [2.45, 2.75) is 13.8 Å². The summed E-state index contributed by atoms with van der Waals surface area (Å²) in [4.78, 5) is 0. The minimum atomic E-state index is 0.428. The van der Waals surface area contributed by atoms with Crippen molar-refractivity contribution in [1.29, 1.82) is 5.26 Å². The van der Waals surface area contributed by atoms with E-state index in [1.807, 2.05) is 19.9 Å². The number of nitriles is 1. The average Bonchev–Trinajstić information content (AvgIpc) is 2.33. The first kappa shape index (κ1) is 10.2. The van der Waals surface area contributed by atoms with Gasteiger partial charge in [0.25, 0.3) is 0 Å². The van der Waals surface area contributed by atoms with Gasteiger partial charge in [0, 0.05) is 13.2 Å². The maximum absolute atomic E-state index is 8.38. The number of rotatable bonds is 0. The van der Waals surface area contributed by atoms with Crippen LogP contribution in [0.4, 0.5) is 0 Å². The Balaban J connectivity index is 0.000000461. The Morgan fingerprint density at radius 1 is 1.64 bits per heavy atom. The Labute approximate surface area is 74.8 Å². The van der Waals surface area contributed by atoms with E-state index in [0.717, 1.165) is 4.47 Å². The average molecular weight is 216 g/mol. The van der Waals surface area contributed by atoms with Crippen molar-refractivity contribution < 1.29 is 0 Å². The highest BCUT2D eigenvalue weighted by Crippen LogP contribution is 2.11. The van der Waals surface area contributed by atoms with Gasteiger partial charge in [0.2, 0.25) is 0 Å². The largest absolute Gasteiger partial charge is 0.273 e. The lowest BCUT2D eigenvalue weighted by Gasteiger charge is -1.78. The third-order valence-electron chi connectivity index (χ3n) is 0.890. The molecule has 1 heterocycles. The molecule has 1 aromatic heterocycles. The first-order valence-electron chi connectivity index (χ1n) is 3.33. The number of aryl methyl sites for hydroxylation is 1. The van der Waals surface area contributed by atoms with Crippen LogP contribution in [-0.4, -0.2) is 9.78 Å². The van der Waals surface area contributed by atoms with Crippen LogP contribution >= 0.6 is 15.9 Å². The van der Waals surface area contributed by atoms with Gasteiger partial charge in [0.05, 0.1) is 4.47 Å². The van der Waals surface area contributed by atoms with E-state index in [2.05, 4.69) is 21.0 Å². The quantitative estimate of drug-likeness (QED) is 0.666. The lowest BCUT2D eigenvalue weighted by molar-refractivity contribution is 0.763. The Morgan fingerprint density at radius 2 is 2.18 bits per heavy atom. The molecular weight excluding hydrogens is 206 g/mol. The molecule has 3 nitrogen and oxygen atoms in total. The van der Waals surface area contributed by atoms with Crippen molar-refractivity contribution in [3.63, 3.8) is 0 Å². The molecule has 4 heteroatoms. The second kappa shape index (κ2) is 4.91. The zero-order chi connectivity index (χ0) is 8.85. The van der Waals surface area contributed by atoms with Crippen molar-refractivity contribution in [1.82, 2.24) is 9.78 Å². The zero-order valence-electron chi connectivity index (χ0n) is 6.80. The van der Waals surface area contributed by atoms with Crippen molar-refractivity contribution in [3.8, 4) is 6.07 Å². The molecule has 60 valence electrons. The van der Waals surface area contributed by atoms with Crippen LogP contribution in [0.2, 0.25) is 0 Å². The van der Waals surface area contributed by atoms with Gasteiger partial charge in [-0.25, -0.2) is 0 Å². The van der Waals surface area contributed by atoms with Crippen LogP contribution in [0.15, 0.2) is 10.7 Å². The maximum atomic E-state index is 8.38. The highest BCUT2D eigenvalue weighted by Gasteiger charge is 2.00. The fraction of sp³-hybridized carbons (Fsp3) is 0.429. The van der Waals surface area contributed by atoms with Gasteiger partial charge in [-0.05, 0) is 15.9 Å². The Hall–Kier alpha value is -0.820. The lowest BCUT2D eigenvalue weighted by Crippen LogP contribution is -1.86. The van der Waals surface area contributed by atoms with Gasteiger partial charge in [-0.1, -0.05) is 13.8 Å². The van der Waals surface area contributed by atoms with Crippen LogP contribution < -0.4 is 0 Å². The molecule has 0 spiro atoms. The Bertz CT molecular complexity index is 259. The smallest absolute Gasteiger partial charge is 0.176 e. The van der Waals surface area contributed by atoms with Gasteiger partial charge in [0.1, 0.15) is 6.07 Å². The third kappa shape index (κ3) is 2.72. The van der Waals surface area contributed by atoms with Crippen LogP contribution in [0.25, 0.3) is 0 Å². The summed E-state index contributed by atoms with van der Waals surface area (Å²) in [6.45, 7) is 4.00. The standard InChI is InChI=1S/C5H4BrN3.C2H6/c1-9-3-4(6)5(2-7)8-9;1-2/h3H,1H3;1-2H3. The predicted molar refractivity (Wildman–Crippen MR) is 47.0 cm³/mol. The van der Waals surface area contributed by atoms with Gasteiger partial charge in [-0.3, -0.25) is 4.68 Å². The minimum Gasteiger partial charge on any atom is -0.273 e. The second-order valence-electron chi connectivity index (χ2n) is 1.61. The minimum absolute atomic E-state index is 0.428. The van der Waals surface area contributed by atoms with E-state index < -0.39 is 0 Å². The normalized spacial score (nSPS) is 7.91. The molecule has 0 saturated carbocycles. The van der Waals surface area contributed by atoms with Gasteiger partial charge < -0.3 is 0 Å². The van der Waals surface area contributed by atoms with Crippen LogP contribution in [0, 0.1) is 11.3 Å². The fourth-order valence-corrected chi connectivity index (χ4v) is 1.000. The predicted octanol–water partition coefficient (Wildman–Crippen LogP) is 2.08. The highest BCUT2D eigenvalue weighted by atomic mass is 79.9. The van der Waals surface area contributed by atoms with Crippen LogP contribution in [-0.2, 0) is 7.05 Å². The van der Waals surface area contributed by atoms with Gasteiger partial charge in [0.15, 0.2) is 5.69 Å². The monoisotopic (exact) mass is 215 g/mol.